The number of methoxy groups -OCH3 is 1. The van der Waals surface area contributed by atoms with Crippen LogP contribution in [0.15, 0.2) is 48.5 Å². The van der Waals surface area contributed by atoms with Crippen molar-refractivity contribution >= 4 is 17.8 Å². The lowest BCUT2D eigenvalue weighted by atomic mass is 9.94. The minimum atomic E-state index is -1.82. The van der Waals surface area contributed by atoms with Crippen molar-refractivity contribution in [1.29, 1.82) is 0 Å². The second-order valence-corrected chi connectivity index (χ2v) is 8.86. The number of morpholine rings is 1. The van der Waals surface area contributed by atoms with Crippen molar-refractivity contribution < 1.29 is 38.8 Å². The van der Waals surface area contributed by atoms with Crippen molar-refractivity contribution in [2.24, 2.45) is 5.92 Å². The first-order valence-electron chi connectivity index (χ1n) is 12.3. The number of hydrogen-bond donors (Lipinski definition) is 2. The maximum absolute atomic E-state index is 12.7. The molecule has 4 rings (SSSR count). The summed E-state index contributed by atoms with van der Waals surface area (Å²) < 4.78 is 16.9. The summed E-state index contributed by atoms with van der Waals surface area (Å²) in [5, 5.41) is 14.8. The van der Waals surface area contributed by atoms with Crippen molar-refractivity contribution in [2.75, 3.05) is 46.5 Å². The SMILES string of the molecule is COc1cc(CN2CCC(C(=O)N3CCOCC3)CC2)ccc1OCc1ccccc1.O=C(O)C(=O)O. The largest absolute Gasteiger partial charge is 0.493 e. The van der Waals surface area contributed by atoms with Gasteiger partial charge in [-0.15, -0.1) is 0 Å². The van der Waals surface area contributed by atoms with Crippen LogP contribution in [0.5, 0.6) is 11.5 Å². The minimum Gasteiger partial charge on any atom is -0.493 e. The molecule has 2 N–H and O–H groups in total. The second kappa shape index (κ2) is 14.2. The number of rotatable bonds is 7. The lowest BCUT2D eigenvalue weighted by Gasteiger charge is -2.35. The van der Waals surface area contributed by atoms with E-state index in [0.29, 0.717) is 25.7 Å². The molecule has 200 valence electrons. The van der Waals surface area contributed by atoms with E-state index in [4.69, 9.17) is 34.0 Å². The highest BCUT2D eigenvalue weighted by Gasteiger charge is 2.29. The van der Waals surface area contributed by atoms with Gasteiger partial charge in [0.2, 0.25) is 5.91 Å². The third kappa shape index (κ3) is 8.76. The van der Waals surface area contributed by atoms with Gasteiger partial charge in [-0.1, -0.05) is 36.4 Å². The zero-order valence-electron chi connectivity index (χ0n) is 21.0. The van der Waals surface area contributed by atoms with Gasteiger partial charge in [-0.3, -0.25) is 9.69 Å². The predicted octanol–water partition coefficient (Wildman–Crippen LogP) is 2.50. The van der Waals surface area contributed by atoms with E-state index in [9.17, 15) is 4.79 Å². The quantitative estimate of drug-likeness (QED) is 0.536. The number of nitrogens with zero attached hydrogens (tertiary/aromatic N) is 2. The average Bonchev–Trinajstić information content (AvgIpc) is 2.93. The van der Waals surface area contributed by atoms with E-state index in [0.717, 1.165) is 62.6 Å². The van der Waals surface area contributed by atoms with E-state index in [1.54, 1.807) is 7.11 Å². The van der Waals surface area contributed by atoms with Gasteiger partial charge in [0.05, 0.1) is 20.3 Å². The Hall–Kier alpha value is -3.63. The zero-order chi connectivity index (χ0) is 26.6. The number of carbonyl (C=O) groups is 3. The topological polar surface area (TPSA) is 126 Å². The number of carboxylic acid groups (broad SMARTS) is 2. The van der Waals surface area contributed by atoms with Crippen LogP contribution in [0.2, 0.25) is 0 Å². The third-order valence-corrected chi connectivity index (χ3v) is 6.31. The predicted molar refractivity (Wildman–Crippen MR) is 134 cm³/mol. The van der Waals surface area contributed by atoms with Crippen molar-refractivity contribution in [3.8, 4) is 11.5 Å². The van der Waals surface area contributed by atoms with Crippen molar-refractivity contribution in [1.82, 2.24) is 9.80 Å². The van der Waals surface area contributed by atoms with E-state index < -0.39 is 11.9 Å². The monoisotopic (exact) mass is 514 g/mol. The number of benzene rings is 2. The Morgan fingerprint density at radius 3 is 2.14 bits per heavy atom. The van der Waals surface area contributed by atoms with Crippen molar-refractivity contribution in [2.45, 2.75) is 26.0 Å². The first kappa shape index (κ1) is 27.9. The molecule has 10 nitrogen and oxygen atoms in total. The van der Waals surface area contributed by atoms with E-state index >= 15 is 0 Å². The lowest BCUT2D eigenvalue weighted by Crippen LogP contribution is -2.46. The van der Waals surface area contributed by atoms with E-state index in [1.165, 1.54) is 5.56 Å². The molecule has 37 heavy (non-hydrogen) atoms. The molecule has 2 fully saturated rings. The standard InChI is InChI=1S/C25H32N2O4.C2H2O4/c1-29-24-17-21(7-8-23(24)31-19-20-5-3-2-4-6-20)18-26-11-9-22(10-12-26)25(28)27-13-15-30-16-14-27;3-1(4)2(5)6/h2-8,17,22H,9-16,18-19H2,1H3;(H,3,4)(H,5,6). The molecule has 0 bridgehead atoms. The van der Waals surface area contributed by atoms with Crippen LogP contribution in [-0.4, -0.2) is 84.4 Å². The molecule has 0 saturated carbocycles. The molecule has 0 unspecified atom stereocenters. The smallest absolute Gasteiger partial charge is 0.414 e. The second-order valence-electron chi connectivity index (χ2n) is 8.86. The van der Waals surface area contributed by atoms with Crippen LogP contribution < -0.4 is 9.47 Å². The normalized spacial score (nSPS) is 16.3. The molecule has 2 aliphatic heterocycles. The summed E-state index contributed by atoms with van der Waals surface area (Å²) in [6.45, 7) is 6.05. The van der Waals surface area contributed by atoms with Crippen LogP contribution in [-0.2, 0) is 32.3 Å². The van der Waals surface area contributed by atoms with E-state index in [-0.39, 0.29) is 5.92 Å². The van der Waals surface area contributed by atoms with Gasteiger partial charge in [0, 0.05) is 25.6 Å². The van der Waals surface area contributed by atoms with Crippen LogP contribution in [0.3, 0.4) is 0 Å². The molecule has 10 heteroatoms. The summed E-state index contributed by atoms with van der Waals surface area (Å²) in [4.78, 5) is 35.3. The van der Waals surface area contributed by atoms with Gasteiger partial charge in [0.1, 0.15) is 6.61 Å². The van der Waals surface area contributed by atoms with Gasteiger partial charge in [-0.2, -0.15) is 0 Å². The maximum Gasteiger partial charge on any atom is 0.414 e. The van der Waals surface area contributed by atoms with Gasteiger partial charge in [0.15, 0.2) is 11.5 Å². The molecule has 2 aliphatic rings. The number of amides is 1. The van der Waals surface area contributed by atoms with Crippen LogP contribution in [0.25, 0.3) is 0 Å². The number of likely N-dealkylation sites (tertiary alicyclic amines) is 1. The highest BCUT2D eigenvalue weighted by atomic mass is 16.5. The minimum absolute atomic E-state index is 0.151. The van der Waals surface area contributed by atoms with Crippen LogP contribution in [0, 0.1) is 5.92 Å². The fourth-order valence-electron chi connectivity index (χ4n) is 4.30. The fraction of sp³-hybridized carbons (Fsp3) is 0.444. The van der Waals surface area contributed by atoms with Crippen LogP contribution in [0.1, 0.15) is 24.0 Å². The first-order valence-corrected chi connectivity index (χ1v) is 12.3. The highest BCUT2D eigenvalue weighted by molar-refractivity contribution is 6.27. The Bertz CT molecular complexity index is 1020. The summed E-state index contributed by atoms with van der Waals surface area (Å²) in [5.74, 6) is -1.68. The fourth-order valence-corrected chi connectivity index (χ4v) is 4.30. The molecule has 0 aliphatic carbocycles. The third-order valence-electron chi connectivity index (χ3n) is 6.31. The summed E-state index contributed by atoms with van der Waals surface area (Å²) in [6, 6.07) is 16.3. The Morgan fingerprint density at radius 1 is 0.892 bits per heavy atom. The number of hydrogen-bond acceptors (Lipinski definition) is 7. The average molecular weight is 515 g/mol. The van der Waals surface area contributed by atoms with Gasteiger partial charge in [-0.05, 0) is 49.2 Å². The molecular formula is C27H34N2O8. The summed E-state index contributed by atoms with van der Waals surface area (Å²) in [6.07, 6.45) is 1.84. The van der Waals surface area contributed by atoms with Crippen molar-refractivity contribution in [3.05, 3.63) is 59.7 Å². The Labute approximate surface area is 216 Å². The first-order chi connectivity index (χ1) is 17.9. The Kier molecular flexibility index (Phi) is 10.7. The molecule has 0 aromatic heterocycles. The van der Waals surface area contributed by atoms with E-state index in [2.05, 4.69) is 17.0 Å². The molecule has 0 radical (unpaired) electrons. The molecule has 2 heterocycles. The van der Waals surface area contributed by atoms with Crippen molar-refractivity contribution in [3.63, 3.8) is 0 Å². The van der Waals surface area contributed by atoms with Gasteiger partial charge < -0.3 is 29.3 Å². The number of carbonyl (C=O) groups excluding carboxylic acids is 1. The van der Waals surface area contributed by atoms with Gasteiger partial charge in [-0.25, -0.2) is 9.59 Å². The summed E-state index contributed by atoms with van der Waals surface area (Å²) in [7, 11) is 1.68. The molecule has 2 aromatic carbocycles. The summed E-state index contributed by atoms with van der Waals surface area (Å²) >= 11 is 0. The zero-order valence-corrected chi connectivity index (χ0v) is 21.0. The number of carboxylic acids is 2. The Morgan fingerprint density at radius 2 is 1.54 bits per heavy atom. The molecule has 1 amide bonds. The lowest BCUT2D eigenvalue weighted by molar-refractivity contribution is -0.159. The number of aliphatic carboxylic acids is 2. The maximum atomic E-state index is 12.7. The molecule has 0 atom stereocenters. The van der Waals surface area contributed by atoms with E-state index in [1.807, 2.05) is 41.3 Å². The Balaban J connectivity index is 0.000000568. The van der Waals surface area contributed by atoms with Crippen LogP contribution in [0.4, 0.5) is 0 Å². The van der Waals surface area contributed by atoms with Crippen LogP contribution >= 0.6 is 0 Å². The molecule has 2 saturated heterocycles. The molecule has 2 aromatic rings. The molecule has 0 spiro atoms. The van der Waals surface area contributed by atoms with Gasteiger partial charge in [0.25, 0.3) is 0 Å². The summed E-state index contributed by atoms with van der Waals surface area (Å²) in [5.41, 5.74) is 2.32. The molecular weight excluding hydrogens is 480 g/mol. The number of piperidine rings is 1. The highest BCUT2D eigenvalue weighted by Crippen LogP contribution is 2.30. The van der Waals surface area contributed by atoms with Gasteiger partial charge >= 0.3 is 11.9 Å². The number of ether oxygens (including phenoxy) is 3.